The summed E-state index contributed by atoms with van der Waals surface area (Å²) in [5.41, 5.74) is 1.73. The van der Waals surface area contributed by atoms with Gasteiger partial charge in [0.2, 0.25) is 0 Å². The number of benzene rings is 1. The van der Waals surface area contributed by atoms with E-state index in [1.807, 2.05) is 19.1 Å². The van der Waals surface area contributed by atoms with E-state index in [2.05, 4.69) is 21.2 Å². The molecule has 2 rings (SSSR count). The van der Waals surface area contributed by atoms with Gasteiger partial charge in [0.05, 0.1) is 5.69 Å². The summed E-state index contributed by atoms with van der Waals surface area (Å²) in [4.78, 5) is 22.7. The maximum absolute atomic E-state index is 12.0. The smallest absolute Gasteiger partial charge is 0.332 e. The first-order valence-corrected chi connectivity index (χ1v) is 6.72. The van der Waals surface area contributed by atoms with E-state index in [0.717, 1.165) is 10.0 Å². The lowest BCUT2D eigenvalue weighted by Gasteiger charge is -2.13. The molecule has 6 heteroatoms. The van der Waals surface area contributed by atoms with Crippen molar-refractivity contribution in [1.29, 1.82) is 0 Å². The van der Waals surface area contributed by atoms with E-state index in [9.17, 15) is 9.59 Å². The molecule has 0 aromatic heterocycles. The molecule has 1 saturated heterocycles. The summed E-state index contributed by atoms with van der Waals surface area (Å²) in [7, 11) is 0. The molecule has 1 aromatic carbocycles. The molecule has 0 saturated carbocycles. The van der Waals surface area contributed by atoms with Gasteiger partial charge in [0.1, 0.15) is 6.10 Å². The number of carboxylic acid groups (broad SMARTS) is 1. The first kappa shape index (κ1) is 14.0. The minimum Gasteiger partial charge on any atom is -0.479 e. The fourth-order valence-electron chi connectivity index (χ4n) is 1.95. The van der Waals surface area contributed by atoms with Crippen LogP contribution >= 0.6 is 15.9 Å². The molecule has 0 bridgehead atoms. The Morgan fingerprint density at radius 3 is 2.63 bits per heavy atom. The van der Waals surface area contributed by atoms with Gasteiger partial charge >= 0.3 is 5.97 Å². The molecule has 0 spiro atoms. The quantitative estimate of drug-likeness (QED) is 0.893. The molecule has 1 aliphatic heterocycles. The summed E-state index contributed by atoms with van der Waals surface area (Å²) in [6.07, 6.45) is -0.791. The Balaban J connectivity index is 2.00. The first-order chi connectivity index (χ1) is 8.97. The van der Waals surface area contributed by atoms with Crippen molar-refractivity contribution in [3.8, 4) is 0 Å². The van der Waals surface area contributed by atoms with Gasteiger partial charge in [0.25, 0.3) is 5.91 Å². The van der Waals surface area contributed by atoms with Crippen LogP contribution in [0.1, 0.15) is 18.4 Å². The zero-order chi connectivity index (χ0) is 14.0. The van der Waals surface area contributed by atoms with E-state index >= 15 is 0 Å². The van der Waals surface area contributed by atoms with E-state index < -0.39 is 18.2 Å². The highest BCUT2D eigenvalue weighted by molar-refractivity contribution is 9.10. The molecule has 0 unspecified atom stereocenters. The van der Waals surface area contributed by atoms with Gasteiger partial charge in [0.15, 0.2) is 6.10 Å². The van der Waals surface area contributed by atoms with Crippen LogP contribution in [0.25, 0.3) is 0 Å². The molecule has 5 nitrogen and oxygen atoms in total. The number of anilines is 1. The monoisotopic (exact) mass is 327 g/mol. The average molecular weight is 328 g/mol. The summed E-state index contributed by atoms with van der Waals surface area (Å²) in [6, 6.07) is 5.57. The summed E-state index contributed by atoms with van der Waals surface area (Å²) in [5.74, 6) is -1.33. The molecule has 1 aromatic rings. The van der Waals surface area contributed by atoms with Crippen molar-refractivity contribution < 1.29 is 19.4 Å². The third-order valence-corrected chi connectivity index (χ3v) is 3.63. The Kier molecular flexibility index (Phi) is 4.21. The van der Waals surface area contributed by atoms with Crippen molar-refractivity contribution in [1.82, 2.24) is 0 Å². The third kappa shape index (κ3) is 3.33. The number of hydrogen-bond acceptors (Lipinski definition) is 3. The second-order valence-electron chi connectivity index (χ2n) is 4.50. The average Bonchev–Trinajstić information content (AvgIpc) is 2.82. The molecule has 2 N–H and O–H groups in total. The lowest BCUT2D eigenvalue weighted by molar-refractivity contribution is -0.150. The fraction of sp³-hybridized carbons (Fsp3) is 0.385. The highest BCUT2D eigenvalue weighted by Gasteiger charge is 2.34. The van der Waals surface area contributed by atoms with Gasteiger partial charge in [-0.15, -0.1) is 0 Å². The molecule has 0 radical (unpaired) electrons. The normalized spacial score (nSPS) is 22.2. The van der Waals surface area contributed by atoms with Crippen LogP contribution in [0.3, 0.4) is 0 Å². The van der Waals surface area contributed by atoms with Crippen molar-refractivity contribution in [2.24, 2.45) is 0 Å². The summed E-state index contributed by atoms with van der Waals surface area (Å²) in [5, 5.41) is 11.5. The van der Waals surface area contributed by atoms with Crippen molar-refractivity contribution in [3.05, 3.63) is 28.2 Å². The number of carbonyl (C=O) groups is 2. The number of aryl methyl sites for hydroxylation is 1. The largest absolute Gasteiger partial charge is 0.479 e. The number of amides is 1. The van der Waals surface area contributed by atoms with Crippen molar-refractivity contribution in [2.75, 3.05) is 5.32 Å². The highest BCUT2D eigenvalue weighted by atomic mass is 79.9. The molecule has 2 atom stereocenters. The Hall–Kier alpha value is -1.40. The molecular formula is C13H14BrNO4. The number of hydrogen-bond donors (Lipinski definition) is 2. The third-order valence-electron chi connectivity index (χ3n) is 2.97. The van der Waals surface area contributed by atoms with Crippen LogP contribution in [0.2, 0.25) is 0 Å². The maximum Gasteiger partial charge on any atom is 0.332 e. The van der Waals surface area contributed by atoms with Crippen molar-refractivity contribution >= 4 is 33.5 Å². The Morgan fingerprint density at radius 1 is 1.37 bits per heavy atom. The predicted octanol–water partition coefficient (Wildman–Crippen LogP) is 2.33. The molecule has 1 amide bonds. The molecule has 19 heavy (non-hydrogen) atoms. The van der Waals surface area contributed by atoms with Crippen LogP contribution in [0.5, 0.6) is 0 Å². The zero-order valence-corrected chi connectivity index (χ0v) is 11.9. The molecule has 0 aliphatic carbocycles. The number of halogens is 1. The van der Waals surface area contributed by atoms with Crippen molar-refractivity contribution in [3.63, 3.8) is 0 Å². The second kappa shape index (κ2) is 5.71. The molecule has 1 fully saturated rings. The minimum atomic E-state index is -1.02. The first-order valence-electron chi connectivity index (χ1n) is 5.92. The minimum absolute atomic E-state index is 0.312. The van der Waals surface area contributed by atoms with E-state index in [-0.39, 0.29) is 5.91 Å². The van der Waals surface area contributed by atoms with Crippen LogP contribution in [0.15, 0.2) is 22.7 Å². The van der Waals surface area contributed by atoms with Gasteiger partial charge in [-0.3, -0.25) is 4.79 Å². The van der Waals surface area contributed by atoms with Gasteiger partial charge < -0.3 is 15.2 Å². The topological polar surface area (TPSA) is 75.6 Å². The van der Waals surface area contributed by atoms with Gasteiger partial charge in [0, 0.05) is 4.47 Å². The summed E-state index contributed by atoms with van der Waals surface area (Å²) in [6.45, 7) is 1.95. The summed E-state index contributed by atoms with van der Waals surface area (Å²) < 4.78 is 5.98. The number of aliphatic carboxylic acids is 1. The molecule has 1 heterocycles. The Labute approximate surface area is 119 Å². The van der Waals surface area contributed by atoms with E-state index in [1.165, 1.54) is 0 Å². The summed E-state index contributed by atoms with van der Waals surface area (Å²) >= 11 is 3.37. The maximum atomic E-state index is 12.0. The second-order valence-corrected chi connectivity index (χ2v) is 5.36. The fourth-order valence-corrected chi connectivity index (χ4v) is 2.54. The molecular weight excluding hydrogens is 314 g/mol. The van der Waals surface area contributed by atoms with E-state index in [0.29, 0.717) is 18.5 Å². The number of ether oxygens (including phenoxy) is 1. The van der Waals surface area contributed by atoms with Crippen molar-refractivity contribution in [2.45, 2.75) is 32.0 Å². The van der Waals surface area contributed by atoms with Crippen LogP contribution < -0.4 is 5.32 Å². The predicted molar refractivity (Wildman–Crippen MR) is 73.0 cm³/mol. The van der Waals surface area contributed by atoms with E-state index in [4.69, 9.17) is 9.84 Å². The van der Waals surface area contributed by atoms with Crippen LogP contribution in [-0.4, -0.2) is 29.2 Å². The Bertz CT molecular complexity index is 517. The Morgan fingerprint density at radius 2 is 2.05 bits per heavy atom. The lowest BCUT2D eigenvalue weighted by atomic mass is 10.2. The SMILES string of the molecule is Cc1ccc(NC(=O)[C@@H]2CC[C@H](C(=O)O)O2)c(Br)c1. The number of nitrogens with one attached hydrogen (secondary N) is 1. The highest BCUT2D eigenvalue weighted by Crippen LogP contribution is 2.26. The zero-order valence-electron chi connectivity index (χ0n) is 10.4. The van der Waals surface area contributed by atoms with E-state index in [1.54, 1.807) is 6.07 Å². The lowest BCUT2D eigenvalue weighted by Crippen LogP contribution is -2.30. The van der Waals surface area contributed by atoms with Crippen LogP contribution in [0, 0.1) is 6.92 Å². The van der Waals surface area contributed by atoms with Crippen LogP contribution in [-0.2, 0) is 14.3 Å². The van der Waals surface area contributed by atoms with Gasteiger partial charge in [-0.05, 0) is 53.4 Å². The van der Waals surface area contributed by atoms with Gasteiger partial charge in [-0.1, -0.05) is 6.07 Å². The van der Waals surface area contributed by atoms with Gasteiger partial charge in [-0.25, -0.2) is 4.79 Å². The number of rotatable bonds is 3. The molecule has 102 valence electrons. The molecule has 1 aliphatic rings. The van der Waals surface area contributed by atoms with Gasteiger partial charge in [-0.2, -0.15) is 0 Å². The number of carboxylic acids is 1. The standard InChI is InChI=1S/C13H14BrNO4/c1-7-2-3-9(8(14)6-7)15-12(16)10-4-5-11(19-10)13(17)18/h2-3,6,10-11H,4-5H2,1H3,(H,15,16)(H,17,18)/t10-,11+/m0/s1. The number of carbonyl (C=O) groups excluding carboxylic acids is 1. The van der Waals surface area contributed by atoms with Crippen LogP contribution in [0.4, 0.5) is 5.69 Å².